The Kier molecular flexibility index (Phi) is 7.31. The van der Waals surface area contributed by atoms with Crippen LogP contribution in [0.1, 0.15) is 10.4 Å². The highest BCUT2D eigenvalue weighted by Crippen LogP contribution is 2.32. The fourth-order valence-corrected chi connectivity index (χ4v) is 4.17. The van der Waals surface area contributed by atoms with Gasteiger partial charge >= 0.3 is 0 Å². The molecule has 7 nitrogen and oxygen atoms in total. The second kappa shape index (κ2) is 11.0. The SMILES string of the molecule is O=C(Nc1ccc(Oc2ccccc2)cc1)c1cccc(NC2=C(Cl)C(=O)N(c3ccc(F)c(Cl)c3)C2=O)c1. The molecule has 0 unspecified atom stereocenters. The van der Waals surface area contributed by atoms with E-state index in [1.54, 1.807) is 42.5 Å². The molecule has 0 bridgehead atoms. The number of hydrogen-bond donors (Lipinski definition) is 2. The second-order valence-corrected chi connectivity index (χ2v) is 9.12. The molecule has 1 aliphatic heterocycles. The number of ether oxygens (including phenoxy) is 1. The molecule has 39 heavy (non-hydrogen) atoms. The first-order valence-corrected chi connectivity index (χ1v) is 12.3. The Labute approximate surface area is 232 Å². The predicted octanol–water partition coefficient (Wildman–Crippen LogP) is 6.96. The van der Waals surface area contributed by atoms with Crippen molar-refractivity contribution in [3.8, 4) is 11.5 Å². The van der Waals surface area contributed by atoms with Crippen LogP contribution in [0.15, 0.2) is 108 Å². The highest BCUT2D eigenvalue weighted by molar-refractivity contribution is 6.53. The molecule has 0 fully saturated rings. The Hall–Kier alpha value is -4.66. The van der Waals surface area contributed by atoms with E-state index in [1.165, 1.54) is 12.1 Å². The Bertz CT molecular complexity index is 1630. The van der Waals surface area contributed by atoms with E-state index in [0.717, 1.165) is 17.0 Å². The summed E-state index contributed by atoms with van der Waals surface area (Å²) in [7, 11) is 0. The molecule has 5 rings (SSSR count). The number of nitrogens with one attached hydrogen (secondary N) is 2. The van der Waals surface area contributed by atoms with Crippen LogP contribution in [0.4, 0.5) is 21.5 Å². The first-order chi connectivity index (χ1) is 18.8. The molecule has 0 saturated carbocycles. The molecule has 0 aliphatic carbocycles. The van der Waals surface area contributed by atoms with Crippen molar-refractivity contribution in [3.05, 3.63) is 124 Å². The third kappa shape index (κ3) is 5.62. The third-order valence-electron chi connectivity index (χ3n) is 5.67. The molecular weight excluding hydrogens is 544 g/mol. The van der Waals surface area contributed by atoms with E-state index in [0.29, 0.717) is 28.4 Å². The van der Waals surface area contributed by atoms with E-state index >= 15 is 0 Å². The average Bonchev–Trinajstić information content (AvgIpc) is 3.15. The van der Waals surface area contributed by atoms with Crippen molar-refractivity contribution in [1.82, 2.24) is 0 Å². The lowest BCUT2D eigenvalue weighted by molar-refractivity contribution is -0.120. The normalized spacial score (nSPS) is 13.1. The van der Waals surface area contributed by atoms with Gasteiger partial charge in [0, 0.05) is 16.9 Å². The van der Waals surface area contributed by atoms with E-state index in [1.807, 2.05) is 30.3 Å². The minimum atomic E-state index is -0.791. The number of para-hydroxylation sites is 1. The van der Waals surface area contributed by atoms with Gasteiger partial charge in [0.05, 0.1) is 10.7 Å². The van der Waals surface area contributed by atoms with E-state index in [4.69, 9.17) is 27.9 Å². The zero-order chi connectivity index (χ0) is 27.5. The van der Waals surface area contributed by atoms with Crippen molar-refractivity contribution < 1.29 is 23.5 Å². The molecular formula is C29H18Cl2FN3O4. The molecule has 0 aromatic heterocycles. The number of anilines is 3. The fourth-order valence-electron chi connectivity index (χ4n) is 3.79. The molecule has 0 atom stereocenters. The van der Waals surface area contributed by atoms with Gasteiger partial charge in [-0.15, -0.1) is 0 Å². The van der Waals surface area contributed by atoms with Gasteiger partial charge in [-0.3, -0.25) is 14.4 Å². The highest BCUT2D eigenvalue weighted by atomic mass is 35.5. The van der Waals surface area contributed by atoms with Gasteiger partial charge < -0.3 is 15.4 Å². The quantitative estimate of drug-likeness (QED) is 0.238. The molecule has 2 N–H and O–H groups in total. The fraction of sp³-hybridized carbons (Fsp3) is 0. The number of carbonyl (C=O) groups excluding carboxylic acids is 3. The first kappa shape index (κ1) is 26.0. The van der Waals surface area contributed by atoms with Crippen LogP contribution >= 0.6 is 23.2 Å². The van der Waals surface area contributed by atoms with Gasteiger partial charge in [-0.25, -0.2) is 9.29 Å². The standard InChI is InChI=1S/C29H18Cl2FN3O4/c30-23-16-20(11-14-24(23)32)35-28(37)25(31)26(29(35)38)33-19-6-4-5-17(15-19)27(36)34-18-9-12-22(13-10-18)39-21-7-2-1-3-8-21/h1-16,33H,(H,34,36). The first-order valence-electron chi connectivity index (χ1n) is 11.5. The summed E-state index contributed by atoms with van der Waals surface area (Å²) < 4.78 is 19.3. The zero-order valence-electron chi connectivity index (χ0n) is 20.0. The van der Waals surface area contributed by atoms with Crippen molar-refractivity contribution in [2.75, 3.05) is 15.5 Å². The minimum absolute atomic E-state index is 0.0691. The molecule has 0 radical (unpaired) electrons. The van der Waals surface area contributed by atoms with Crippen LogP contribution in [0.3, 0.4) is 0 Å². The zero-order valence-corrected chi connectivity index (χ0v) is 21.5. The van der Waals surface area contributed by atoms with E-state index in [-0.39, 0.29) is 21.4 Å². The highest BCUT2D eigenvalue weighted by Gasteiger charge is 2.39. The van der Waals surface area contributed by atoms with Gasteiger partial charge in [0.1, 0.15) is 28.0 Å². The molecule has 0 saturated heterocycles. The summed E-state index contributed by atoms with van der Waals surface area (Å²) in [6.45, 7) is 0. The molecule has 1 aliphatic rings. The van der Waals surface area contributed by atoms with Crippen LogP contribution in [-0.4, -0.2) is 17.7 Å². The van der Waals surface area contributed by atoms with Crippen LogP contribution in [0.5, 0.6) is 11.5 Å². The second-order valence-electron chi connectivity index (χ2n) is 8.33. The molecule has 10 heteroatoms. The summed E-state index contributed by atoms with van der Waals surface area (Å²) in [4.78, 5) is 39.4. The largest absolute Gasteiger partial charge is 0.457 e. The summed E-state index contributed by atoms with van der Waals surface area (Å²) in [6, 6.07) is 26.0. The number of rotatable bonds is 7. The number of halogens is 3. The minimum Gasteiger partial charge on any atom is -0.457 e. The number of benzene rings is 4. The lowest BCUT2D eigenvalue weighted by atomic mass is 10.1. The van der Waals surface area contributed by atoms with Crippen LogP contribution in [-0.2, 0) is 9.59 Å². The average molecular weight is 562 g/mol. The maximum absolute atomic E-state index is 13.6. The Morgan fingerprint density at radius 3 is 2.21 bits per heavy atom. The topological polar surface area (TPSA) is 87.7 Å². The third-order valence-corrected chi connectivity index (χ3v) is 6.31. The van der Waals surface area contributed by atoms with Crippen molar-refractivity contribution in [2.24, 2.45) is 0 Å². The Morgan fingerprint density at radius 1 is 0.769 bits per heavy atom. The monoisotopic (exact) mass is 561 g/mol. The van der Waals surface area contributed by atoms with Gasteiger partial charge in [-0.1, -0.05) is 47.5 Å². The van der Waals surface area contributed by atoms with Crippen LogP contribution in [0.2, 0.25) is 5.02 Å². The maximum atomic E-state index is 13.6. The number of nitrogens with zero attached hydrogens (tertiary/aromatic N) is 1. The van der Waals surface area contributed by atoms with Crippen LogP contribution < -0.4 is 20.3 Å². The molecule has 0 spiro atoms. The lowest BCUT2D eigenvalue weighted by Crippen LogP contribution is -2.32. The number of carbonyl (C=O) groups is 3. The Morgan fingerprint density at radius 2 is 1.49 bits per heavy atom. The van der Waals surface area contributed by atoms with Gasteiger partial charge in [0.15, 0.2) is 0 Å². The summed E-state index contributed by atoms with van der Waals surface area (Å²) in [5, 5.41) is 5.02. The van der Waals surface area contributed by atoms with Gasteiger partial charge in [0.25, 0.3) is 17.7 Å². The van der Waals surface area contributed by atoms with Crippen LogP contribution in [0, 0.1) is 5.82 Å². The lowest BCUT2D eigenvalue weighted by Gasteiger charge is -2.15. The maximum Gasteiger partial charge on any atom is 0.283 e. The summed E-state index contributed by atoms with van der Waals surface area (Å²) >= 11 is 12.0. The van der Waals surface area contributed by atoms with Gasteiger partial charge in [-0.2, -0.15) is 0 Å². The number of amides is 3. The molecule has 3 amide bonds. The smallest absolute Gasteiger partial charge is 0.283 e. The van der Waals surface area contributed by atoms with Gasteiger partial charge in [-0.05, 0) is 72.8 Å². The van der Waals surface area contributed by atoms with Crippen molar-refractivity contribution in [3.63, 3.8) is 0 Å². The summed E-state index contributed by atoms with van der Waals surface area (Å²) in [5.41, 5.74) is 1.07. The summed E-state index contributed by atoms with van der Waals surface area (Å²) in [5.74, 6) is -1.32. The van der Waals surface area contributed by atoms with Crippen molar-refractivity contribution in [2.45, 2.75) is 0 Å². The summed E-state index contributed by atoms with van der Waals surface area (Å²) in [6.07, 6.45) is 0. The molecule has 4 aromatic carbocycles. The number of imide groups is 1. The van der Waals surface area contributed by atoms with Gasteiger partial charge in [0.2, 0.25) is 0 Å². The van der Waals surface area contributed by atoms with Crippen molar-refractivity contribution >= 4 is 58.0 Å². The van der Waals surface area contributed by atoms with E-state index in [9.17, 15) is 18.8 Å². The molecule has 1 heterocycles. The number of hydrogen-bond acceptors (Lipinski definition) is 5. The van der Waals surface area contributed by atoms with E-state index < -0.39 is 23.5 Å². The Balaban J connectivity index is 1.27. The molecule has 4 aromatic rings. The van der Waals surface area contributed by atoms with E-state index in [2.05, 4.69) is 10.6 Å². The predicted molar refractivity (Wildman–Crippen MR) is 148 cm³/mol. The molecule has 194 valence electrons. The van der Waals surface area contributed by atoms with Crippen LogP contribution in [0.25, 0.3) is 0 Å². The van der Waals surface area contributed by atoms with Crippen molar-refractivity contribution in [1.29, 1.82) is 0 Å².